The van der Waals surface area contributed by atoms with Gasteiger partial charge < -0.3 is 10.2 Å². The highest BCUT2D eigenvalue weighted by Gasteiger charge is 2.30. The first kappa shape index (κ1) is 18.9. The van der Waals surface area contributed by atoms with Crippen LogP contribution in [0.25, 0.3) is 11.0 Å². The summed E-state index contributed by atoms with van der Waals surface area (Å²) in [6, 6.07) is 5.98. The van der Waals surface area contributed by atoms with Crippen molar-refractivity contribution in [2.45, 2.75) is 45.8 Å². The molecular weight excluding hydrogens is 358 g/mol. The number of amides is 1. The molecule has 2 aliphatic heterocycles. The number of nitrogens with zero attached hydrogens (tertiary/aromatic N) is 4. The standard InChI is InChI=1S/C20H27N5O3/c1-13(2)17-10-18(27-22-17)20(26)21-11-14-6-8-25(9-7-14)12-15-4-3-5-16-19(15)24-28-23-16/h3-5,13-14,18H,6-12H2,1-2H3,(H,21,26). The van der Waals surface area contributed by atoms with Gasteiger partial charge >= 0.3 is 0 Å². The molecule has 28 heavy (non-hydrogen) atoms. The Kier molecular flexibility index (Phi) is 5.57. The molecular formula is C20H27N5O3. The van der Waals surface area contributed by atoms with E-state index in [0.717, 1.165) is 54.8 Å². The van der Waals surface area contributed by atoms with Crippen molar-refractivity contribution in [3.8, 4) is 0 Å². The Morgan fingerprint density at radius 3 is 2.86 bits per heavy atom. The second kappa shape index (κ2) is 8.26. The second-order valence-corrected chi connectivity index (χ2v) is 8.05. The van der Waals surface area contributed by atoms with E-state index in [1.807, 2.05) is 12.1 Å². The Bertz CT molecular complexity index is 854. The Labute approximate surface area is 164 Å². The third-order valence-corrected chi connectivity index (χ3v) is 5.69. The number of rotatable bonds is 6. The average molecular weight is 385 g/mol. The summed E-state index contributed by atoms with van der Waals surface area (Å²) in [7, 11) is 0. The minimum Gasteiger partial charge on any atom is -0.382 e. The normalized spacial score (nSPS) is 21.1. The van der Waals surface area contributed by atoms with Crippen molar-refractivity contribution in [1.82, 2.24) is 20.5 Å². The quantitative estimate of drug-likeness (QED) is 0.820. The number of hydrogen-bond acceptors (Lipinski definition) is 7. The van der Waals surface area contributed by atoms with Crippen LogP contribution in [0.4, 0.5) is 0 Å². The number of benzene rings is 1. The highest BCUT2D eigenvalue weighted by molar-refractivity contribution is 5.93. The van der Waals surface area contributed by atoms with E-state index in [1.165, 1.54) is 0 Å². The first-order valence-electron chi connectivity index (χ1n) is 10.0. The molecule has 1 aromatic carbocycles. The van der Waals surface area contributed by atoms with E-state index >= 15 is 0 Å². The van der Waals surface area contributed by atoms with Crippen molar-refractivity contribution >= 4 is 22.7 Å². The van der Waals surface area contributed by atoms with Crippen molar-refractivity contribution in [1.29, 1.82) is 0 Å². The average Bonchev–Trinajstić information content (AvgIpc) is 3.37. The number of oxime groups is 1. The molecule has 2 aliphatic rings. The summed E-state index contributed by atoms with van der Waals surface area (Å²) in [5.74, 6) is 0.768. The molecule has 1 fully saturated rings. The van der Waals surface area contributed by atoms with Gasteiger partial charge in [-0.05, 0) is 59.7 Å². The molecule has 0 bridgehead atoms. The molecule has 1 aromatic heterocycles. The molecule has 3 heterocycles. The Morgan fingerprint density at radius 2 is 2.11 bits per heavy atom. The molecule has 0 saturated carbocycles. The third kappa shape index (κ3) is 4.16. The van der Waals surface area contributed by atoms with E-state index in [0.29, 0.717) is 24.8 Å². The van der Waals surface area contributed by atoms with Crippen molar-refractivity contribution < 1.29 is 14.3 Å². The van der Waals surface area contributed by atoms with Gasteiger partial charge in [-0.1, -0.05) is 31.1 Å². The first-order valence-corrected chi connectivity index (χ1v) is 10.0. The summed E-state index contributed by atoms with van der Waals surface area (Å²) < 4.78 is 4.85. The number of carbonyl (C=O) groups is 1. The van der Waals surface area contributed by atoms with E-state index < -0.39 is 6.10 Å². The minimum absolute atomic E-state index is 0.0490. The lowest BCUT2D eigenvalue weighted by molar-refractivity contribution is -0.131. The fraction of sp³-hybridized carbons (Fsp3) is 0.600. The monoisotopic (exact) mass is 385 g/mol. The van der Waals surface area contributed by atoms with E-state index in [-0.39, 0.29) is 5.91 Å². The Hall–Kier alpha value is -2.48. The highest BCUT2D eigenvalue weighted by atomic mass is 16.6. The summed E-state index contributed by atoms with van der Waals surface area (Å²) in [4.78, 5) is 20.0. The minimum atomic E-state index is -0.464. The van der Waals surface area contributed by atoms with Gasteiger partial charge in [-0.2, -0.15) is 0 Å². The summed E-state index contributed by atoms with van der Waals surface area (Å²) in [6.45, 7) is 7.68. The van der Waals surface area contributed by atoms with Gasteiger partial charge in [0.15, 0.2) is 0 Å². The molecule has 1 amide bonds. The summed E-state index contributed by atoms with van der Waals surface area (Å²) in [6.07, 6.45) is 2.26. The lowest BCUT2D eigenvalue weighted by Gasteiger charge is -2.32. The van der Waals surface area contributed by atoms with E-state index in [2.05, 4.69) is 45.6 Å². The van der Waals surface area contributed by atoms with Gasteiger partial charge in [-0.3, -0.25) is 9.69 Å². The molecule has 1 N–H and O–H groups in total. The number of fused-ring (bicyclic) bond motifs is 1. The molecule has 4 rings (SSSR count). The van der Waals surface area contributed by atoms with Crippen molar-refractivity contribution in [2.75, 3.05) is 19.6 Å². The van der Waals surface area contributed by atoms with Gasteiger partial charge in [-0.25, -0.2) is 4.63 Å². The summed E-state index contributed by atoms with van der Waals surface area (Å²) >= 11 is 0. The predicted octanol–water partition coefficient (Wildman–Crippen LogP) is 2.35. The van der Waals surface area contributed by atoms with Crippen molar-refractivity contribution in [3.63, 3.8) is 0 Å². The predicted molar refractivity (Wildman–Crippen MR) is 105 cm³/mol. The molecule has 0 radical (unpaired) electrons. The van der Waals surface area contributed by atoms with Crippen LogP contribution in [0.5, 0.6) is 0 Å². The van der Waals surface area contributed by atoms with E-state index in [9.17, 15) is 4.79 Å². The van der Waals surface area contributed by atoms with Crippen LogP contribution in [0.3, 0.4) is 0 Å². The zero-order valence-corrected chi connectivity index (χ0v) is 16.4. The lowest BCUT2D eigenvalue weighted by Crippen LogP contribution is -2.41. The molecule has 1 unspecified atom stereocenters. The number of likely N-dealkylation sites (tertiary alicyclic amines) is 1. The zero-order chi connectivity index (χ0) is 19.5. The van der Waals surface area contributed by atoms with E-state index in [1.54, 1.807) is 0 Å². The summed E-state index contributed by atoms with van der Waals surface area (Å²) in [5.41, 5.74) is 3.75. The van der Waals surface area contributed by atoms with Crippen LogP contribution in [0, 0.1) is 11.8 Å². The molecule has 0 aliphatic carbocycles. The maximum atomic E-state index is 12.3. The smallest absolute Gasteiger partial charge is 0.264 e. The van der Waals surface area contributed by atoms with Gasteiger partial charge in [0.05, 0.1) is 5.71 Å². The molecule has 2 aromatic rings. The molecule has 1 atom stereocenters. The van der Waals surface area contributed by atoms with Crippen LogP contribution >= 0.6 is 0 Å². The molecule has 8 heteroatoms. The number of hydrogen-bond donors (Lipinski definition) is 1. The number of piperidine rings is 1. The summed E-state index contributed by atoms with van der Waals surface area (Å²) in [5, 5.41) is 15.0. The van der Waals surface area contributed by atoms with Crippen LogP contribution in [-0.2, 0) is 16.2 Å². The SMILES string of the molecule is CC(C)C1=NOC(C(=O)NCC2CCN(Cc3cccc4nonc34)CC2)C1. The lowest BCUT2D eigenvalue weighted by atomic mass is 9.96. The van der Waals surface area contributed by atoms with Gasteiger partial charge in [0.2, 0.25) is 6.10 Å². The van der Waals surface area contributed by atoms with Crippen molar-refractivity contribution in [2.24, 2.45) is 17.0 Å². The van der Waals surface area contributed by atoms with Gasteiger partial charge in [0.25, 0.3) is 5.91 Å². The van der Waals surface area contributed by atoms with Crippen LogP contribution in [0.1, 0.15) is 38.7 Å². The third-order valence-electron chi connectivity index (χ3n) is 5.69. The van der Waals surface area contributed by atoms with Gasteiger partial charge in [0, 0.05) is 19.5 Å². The van der Waals surface area contributed by atoms with Crippen molar-refractivity contribution in [3.05, 3.63) is 23.8 Å². The van der Waals surface area contributed by atoms with Crippen LogP contribution in [-0.4, -0.2) is 52.6 Å². The number of aromatic nitrogens is 2. The number of nitrogens with one attached hydrogen (secondary N) is 1. The maximum Gasteiger partial charge on any atom is 0.264 e. The molecule has 0 spiro atoms. The number of carbonyl (C=O) groups excluding carboxylic acids is 1. The Morgan fingerprint density at radius 1 is 1.29 bits per heavy atom. The van der Waals surface area contributed by atoms with Crippen LogP contribution in [0.2, 0.25) is 0 Å². The van der Waals surface area contributed by atoms with Gasteiger partial charge in [-0.15, -0.1) is 0 Å². The molecule has 1 saturated heterocycles. The Balaban J connectivity index is 1.21. The van der Waals surface area contributed by atoms with Gasteiger partial charge in [0.1, 0.15) is 11.0 Å². The fourth-order valence-corrected chi connectivity index (χ4v) is 3.82. The zero-order valence-electron chi connectivity index (χ0n) is 16.4. The maximum absolute atomic E-state index is 12.3. The fourth-order valence-electron chi connectivity index (χ4n) is 3.82. The van der Waals surface area contributed by atoms with Crippen LogP contribution in [0.15, 0.2) is 28.0 Å². The van der Waals surface area contributed by atoms with E-state index in [4.69, 9.17) is 9.47 Å². The molecule has 8 nitrogen and oxygen atoms in total. The first-order chi connectivity index (χ1) is 13.6. The van der Waals surface area contributed by atoms with Crippen LogP contribution < -0.4 is 5.32 Å². The topological polar surface area (TPSA) is 92.8 Å². The second-order valence-electron chi connectivity index (χ2n) is 8.05. The highest BCUT2D eigenvalue weighted by Crippen LogP contribution is 2.22. The molecule has 150 valence electrons. The largest absolute Gasteiger partial charge is 0.382 e.